The number of nitrogens with zero attached hydrogens (tertiary/aromatic N) is 1. The molecule has 0 bridgehead atoms. The van der Waals surface area contributed by atoms with Gasteiger partial charge in [-0.15, -0.1) is 11.3 Å². The van der Waals surface area contributed by atoms with Crippen molar-refractivity contribution in [2.75, 3.05) is 6.54 Å². The van der Waals surface area contributed by atoms with Crippen LogP contribution in [0.15, 0.2) is 34.1 Å². The molecule has 0 saturated carbocycles. The lowest BCUT2D eigenvalue weighted by Gasteiger charge is -2.21. The Morgan fingerprint density at radius 1 is 1.37 bits per heavy atom. The third-order valence-corrected chi connectivity index (χ3v) is 4.64. The Morgan fingerprint density at radius 2 is 2.32 bits per heavy atom. The minimum atomic E-state index is 0.0566. The molecule has 1 atom stereocenters. The first kappa shape index (κ1) is 11.5. The van der Waals surface area contributed by atoms with Gasteiger partial charge in [0, 0.05) is 22.5 Å². The molecule has 3 nitrogen and oxygen atoms in total. The van der Waals surface area contributed by atoms with E-state index in [0.29, 0.717) is 5.02 Å². The van der Waals surface area contributed by atoms with Gasteiger partial charge in [-0.3, -0.25) is 0 Å². The van der Waals surface area contributed by atoms with E-state index in [-0.39, 0.29) is 6.04 Å². The third-order valence-electron chi connectivity index (χ3n) is 3.41. The number of hydrogen-bond acceptors (Lipinski definition) is 4. The predicted molar refractivity (Wildman–Crippen MR) is 76.9 cm³/mol. The second-order valence-electron chi connectivity index (χ2n) is 4.60. The molecule has 1 aromatic carbocycles. The van der Waals surface area contributed by atoms with E-state index >= 15 is 0 Å². The van der Waals surface area contributed by atoms with Gasteiger partial charge in [0.2, 0.25) is 5.89 Å². The van der Waals surface area contributed by atoms with Gasteiger partial charge in [0.1, 0.15) is 11.6 Å². The molecule has 3 heterocycles. The standard InChI is InChI=1S/C14H11ClN2OS/c15-8-1-2-10-11(7-8)18-14(17-10)13-9-4-6-19-12(9)3-5-16-13/h1-2,4,6-7,13,16H,3,5H2. The summed E-state index contributed by atoms with van der Waals surface area (Å²) in [6.45, 7) is 0.956. The number of hydrogen-bond donors (Lipinski definition) is 1. The van der Waals surface area contributed by atoms with Gasteiger partial charge in [0.25, 0.3) is 0 Å². The van der Waals surface area contributed by atoms with E-state index < -0.39 is 0 Å². The van der Waals surface area contributed by atoms with E-state index in [1.165, 1.54) is 10.4 Å². The summed E-state index contributed by atoms with van der Waals surface area (Å²) in [5, 5.41) is 6.27. The molecule has 4 rings (SSSR count). The summed E-state index contributed by atoms with van der Waals surface area (Å²) >= 11 is 7.78. The molecule has 5 heteroatoms. The molecule has 0 fully saturated rings. The number of benzene rings is 1. The predicted octanol–water partition coefficient (Wildman–Crippen LogP) is 3.78. The highest BCUT2D eigenvalue weighted by molar-refractivity contribution is 7.10. The smallest absolute Gasteiger partial charge is 0.217 e. The Morgan fingerprint density at radius 3 is 3.26 bits per heavy atom. The lowest BCUT2D eigenvalue weighted by Crippen LogP contribution is -2.29. The largest absolute Gasteiger partial charge is 0.439 e. The molecular weight excluding hydrogens is 280 g/mol. The molecule has 1 N–H and O–H groups in total. The summed E-state index contributed by atoms with van der Waals surface area (Å²) in [5.74, 6) is 0.719. The Kier molecular flexibility index (Phi) is 2.62. The Labute approximate surface area is 119 Å². The van der Waals surface area contributed by atoms with E-state index in [4.69, 9.17) is 16.0 Å². The number of halogens is 1. The lowest BCUT2D eigenvalue weighted by atomic mass is 10.0. The molecule has 1 aliphatic heterocycles. The van der Waals surface area contributed by atoms with Crippen molar-refractivity contribution in [3.8, 4) is 0 Å². The van der Waals surface area contributed by atoms with Gasteiger partial charge < -0.3 is 9.73 Å². The van der Waals surface area contributed by atoms with Crippen molar-refractivity contribution in [1.29, 1.82) is 0 Å². The monoisotopic (exact) mass is 290 g/mol. The second-order valence-corrected chi connectivity index (χ2v) is 6.04. The summed E-state index contributed by atoms with van der Waals surface area (Å²) in [6, 6.07) is 7.74. The summed E-state index contributed by atoms with van der Waals surface area (Å²) in [7, 11) is 0. The number of fused-ring (bicyclic) bond motifs is 2. The molecule has 96 valence electrons. The summed E-state index contributed by atoms with van der Waals surface area (Å²) in [5.41, 5.74) is 2.88. The average molecular weight is 291 g/mol. The highest BCUT2D eigenvalue weighted by Gasteiger charge is 2.26. The zero-order chi connectivity index (χ0) is 12.8. The van der Waals surface area contributed by atoms with Gasteiger partial charge in [-0.05, 0) is 35.6 Å². The highest BCUT2D eigenvalue weighted by Crippen LogP contribution is 2.33. The van der Waals surface area contributed by atoms with Crippen molar-refractivity contribution >= 4 is 34.0 Å². The molecule has 0 saturated heterocycles. The molecule has 19 heavy (non-hydrogen) atoms. The lowest BCUT2D eigenvalue weighted by molar-refractivity contribution is 0.442. The fourth-order valence-electron chi connectivity index (χ4n) is 2.51. The molecule has 0 spiro atoms. The topological polar surface area (TPSA) is 38.1 Å². The van der Waals surface area contributed by atoms with Crippen LogP contribution in [0.2, 0.25) is 5.02 Å². The second kappa shape index (κ2) is 4.34. The van der Waals surface area contributed by atoms with Crippen LogP contribution in [-0.4, -0.2) is 11.5 Å². The van der Waals surface area contributed by atoms with E-state index in [1.54, 1.807) is 11.3 Å². The van der Waals surface area contributed by atoms with E-state index in [1.807, 2.05) is 18.2 Å². The summed E-state index contributed by atoms with van der Waals surface area (Å²) < 4.78 is 5.86. The van der Waals surface area contributed by atoms with Gasteiger partial charge in [-0.25, -0.2) is 4.98 Å². The number of oxazole rings is 1. The van der Waals surface area contributed by atoms with Gasteiger partial charge in [0.15, 0.2) is 5.58 Å². The first-order valence-corrected chi connectivity index (χ1v) is 7.43. The fraction of sp³-hybridized carbons (Fsp3) is 0.214. The maximum absolute atomic E-state index is 5.98. The molecule has 3 aromatic rings. The van der Waals surface area contributed by atoms with Crippen LogP contribution in [0, 0.1) is 0 Å². The van der Waals surface area contributed by atoms with E-state index in [2.05, 4.69) is 21.7 Å². The van der Waals surface area contributed by atoms with Gasteiger partial charge in [0.05, 0.1) is 0 Å². The van der Waals surface area contributed by atoms with Crippen LogP contribution in [0.3, 0.4) is 0 Å². The van der Waals surface area contributed by atoms with Gasteiger partial charge in [-0.2, -0.15) is 0 Å². The van der Waals surface area contributed by atoms with Crippen LogP contribution >= 0.6 is 22.9 Å². The molecule has 0 radical (unpaired) electrons. The molecular formula is C14H11ClN2OS. The van der Waals surface area contributed by atoms with Crippen LogP contribution in [0.5, 0.6) is 0 Å². The molecule has 0 aliphatic carbocycles. The molecule has 1 unspecified atom stereocenters. The SMILES string of the molecule is Clc1ccc2nc(C3NCCc4sccc43)oc2c1. The Balaban J connectivity index is 1.83. The zero-order valence-electron chi connectivity index (χ0n) is 10.0. The van der Waals surface area contributed by atoms with Crippen LogP contribution in [-0.2, 0) is 6.42 Å². The number of thiophene rings is 1. The van der Waals surface area contributed by atoms with E-state index in [9.17, 15) is 0 Å². The van der Waals surface area contributed by atoms with Crippen molar-refractivity contribution in [1.82, 2.24) is 10.3 Å². The van der Waals surface area contributed by atoms with Crippen molar-refractivity contribution < 1.29 is 4.42 Å². The zero-order valence-corrected chi connectivity index (χ0v) is 11.6. The fourth-order valence-corrected chi connectivity index (χ4v) is 3.59. The van der Waals surface area contributed by atoms with Gasteiger partial charge in [-0.1, -0.05) is 11.6 Å². The molecule has 2 aromatic heterocycles. The van der Waals surface area contributed by atoms with Crippen LogP contribution in [0.4, 0.5) is 0 Å². The maximum atomic E-state index is 5.98. The van der Waals surface area contributed by atoms with Crippen LogP contribution in [0.25, 0.3) is 11.1 Å². The van der Waals surface area contributed by atoms with Crippen molar-refractivity contribution in [2.24, 2.45) is 0 Å². The summed E-state index contributed by atoms with van der Waals surface area (Å²) in [4.78, 5) is 5.99. The average Bonchev–Trinajstić information content (AvgIpc) is 3.03. The first-order valence-electron chi connectivity index (χ1n) is 6.17. The van der Waals surface area contributed by atoms with Crippen molar-refractivity contribution in [3.63, 3.8) is 0 Å². The third kappa shape index (κ3) is 1.87. The maximum Gasteiger partial charge on any atom is 0.217 e. The van der Waals surface area contributed by atoms with Crippen molar-refractivity contribution in [3.05, 3.63) is 51.0 Å². The Hall–Kier alpha value is -1.36. The quantitative estimate of drug-likeness (QED) is 0.741. The van der Waals surface area contributed by atoms with E-state index in [0.717, 1.165) is 30.0 Å². The van der Waals surface area contributed by atoms with Gasteiger partial charge >= 0.3 is 0 Å². The first-order chi connectivity index (χ1) is 9.31. The Bertz CT molecular complexity index is 749. The molecule has 1 aliphatic rings. The van der Waals surface area contributed by atoms with Crippen LogP contribution in [0.1, 0.15) is 22.4 Å². The van der Waals surface area contributed by atoms with Crippen molar-refractivity contribution in [2.45, 2.75) is 12.5 Å². The minimum absolute atomic E-state index is 0.0566. The highest BCUT2D eigenvalue weighted by atomic mass is 35.5. The molecule has 0 amide bonds. The summed E-state index contributed by atoms with van der Waals surface area (Å²) in [6.07, 6.45) is 1.08. The normalized spacial score (nSPS) is 18.7. The number of aromatic nitrogens is 1. The number of rotatable bonds is 1. The van der Waals surface area contributed by atoms with Crippen LogP contribution < -0.4 is 5.32 Å². The number of nitrogens with one attached hydrogen (secondary N) is 1. The minimum Gasteiger partial charge on any atom is -0.439 e.